The number of hydrogen-bond donors (Lipinski definition) is 2. The maximum atomic E-state index is 12.7. The molecule has 2 aromatic carbocycles. The Hall–Kier alpha value is -2.73. The number of nitrogens with zero attached hydrogens (tertiary/aromatic N) is 1. The van der Waals surface area contributed by atoms with Gasteiger partial charge in [0.15, 0.2) is 0 Å². The highest BCUT2D eigenvalue weighted by Gasteiger charge is 2.36. The summed E-state index contributed by atoms with van der Waals surface area (Å²) in [6, 6.07) is 15.5. The van der Waals surface area contributed by atoms with Crippen LogP contribution in [0.3, 0.4) is 0 Å². The highest BCUT2D eigenvalue weighted by Crippen LogP contribution is 2.27. The van der Waals surface area contributed by atoms with Gasteiger partial charge in [-0.05, 0) is 24.5 Å². The first-order chi connectivity index (χ1) is 12.7. The molecule has 4 rings (SSSR count). The van der Waals surface area contributed by atoms with Crippen molar-refractivity contribution in [2.45, 2.75) is 4.90 Å². The van der Waals surface area contributed by atoms with Gasteiger partial charge in [-0.3, -0.25) is 9.59 Å². The zero-order chi connectivity index (χ0) is 18.1. The second-order valence-electron chi connectivity index (χ2n) is 6.34. The van der Waals surface area contributed by atoms with Crippen LogP contribution in [-0.4, -0.2) is 41.0 Å². The maximum absolute atomic E-state index is 12.7. The van der Waals surface area contributed by atoms with Gasteiger partial charge in [-0.1, -0.05) is 30.3 Å². The van der Waals surface area contributed by atoms with Crippen molar-refractivity contribution in [2.24, 2.45) is 5.92 Å². The number of amides is 2. The number of anilines is 1. The van der Waals surface area contributed by atoms with Crippen molar-refractivity contribution in [1.29, 1.82) is 0 Å². The highest BCUT2D eigenvalue weighted by molar-refractivity contribution is 7.98. The predicted molar refractivity (Wildman–Crippen MR) is 105 cm³/mol. The van der Waals surface area contributed by atoms with Crippen molar-refractivity contribution < 1.29 is 9.59 Å². The van der Waals surface area contributed by atoms with E-state index >= 15 is 0 Å². The van der Waals surface area contributed by atoms with E-state index in [-0.39, 0.29) is 17.7 Å². The van der Waals surface area contributed by atoms with Crippen molar-refractivity contribution in [1.82, 2.24) is 9.88 Å². The Morgan fingerprint density at radius 3 is 2.65 bits per heavy atom. The smallest absolute Gasteiger partial charge is 0.256 e. The number of carbonyl (C=O) groups is 2. The lowest BCUT2D eigenvalue weighted by Gasteiger charge is -2.38. The van der Waals surface area contributed by atoms with Crippen LogP contribution in [0.4, 0.5) is 5.69 Å². The minimum atomic E-state index is -0.168. The molecule has 2 amide bonds. The number of hydrogen-bond acceptors (Lipinski definition) is 3. The molecule has 26 heavy (non-hydrogen) atoms. The third-order valence-electron chi connectivity index (χ3n) is 4.72. The molecular weight excluding hydrogens is 346 g/mol. The number of aromatic amines is 1. The van der Waals surface area contributed by atoms with Crippen LogP contribution >= 0.6 is 11.8 Å². The van der Waals surface area contributed by atoms with Crippen LogP contribution in [0.15, 0.2) is 59.6 Å². The summed E-state index contributed by atoms with van der Waals surface area (Å²) in [4.78, 5) is 31.0. The first kappa shape index (κ1) is 16.7. The number of nitrogens with one attached hydrogen (secondary N) is 2. The van der Waals surface area contributed by atoms with Gasteiger partial charge in [0.25, 0.3) is 5.91 Å². The topological polar surface area (TPSA) is 65.2 Å². The second-order valence-corrected chi connectivity index (χ2v) is 7.19. The van der Waals surface area contributed by atoms with Crippen LogP contribution in [-0.2, 0) is 4.79 Å². The molecular formula is C20H19N3O2S. The van der Waals surface area contributed by atoms with E-state index in [0.29, 0.717) is 18.7 Å². The normalized spacial score (nSPS) is 14.3. The molecule has 0 radical (unpaired) electrons. The van der Waals surface area contributed by atoms with E-state index in [9.17, 15) is 9.59 Å². The van der Waals surface area contributed by atoms with Crippen LogP contribution in [0.1, 0.15) is 10.4 Å². The molecule has 0 saturated carbocycles. The lowest BCUT2D eigenvalue weighted by Crippen LogP contribution is -2.54. The molecule has 6 heteroatoms. The maximum Gasteiger partial charge on any atom is 0.256 e. The Labute approximate surface area is 155 Å². The van der Waals surface area contributed by atoms with Crippen LogP contribution in [0.2, 0.25) is 0 Å². The second kappa shape index (κ2) is 6.88. The minimum absolute atomic E-state index is 0.0315. The number of benzene rings is 2. The lowest BCUT2D eigenvalue weighted by molar-refractivity contribution is -0.123. The number of thioether (sulfide) groups is 1. The van der Waals surface area contributed by atoms with Crippen molar-refractivity contribution in [3.05, 3.63) is 60.3 Å². The van der Waals surface area contributed by atoms with Gasteiger partial charge in [0, 0.05) is 35.1 Å². The van der Waals surface area contributed by atoms with Crippen molar-refractivity contribution >= 4 is 40.2 Å². The first-order valence-corrected chi connectivity index (χ1v) is 9.69. The standard InChI is InChI=1S/C20H19N3O2S/c1-26-18-9-5-4-8-17(18)22-19(24)13-11-23(12-13)20(25)15-10-21-16-7-3-2-6-14(15)16/h2-10,13,21H,11-12H2,1H3,(H,22,24). The molecule has 3 aromatic rings. The SMILES string of the molecule is CSc1ccccc1NC(=O)C1CN(C(=O)c2c[nH]c3ccccc23)C1. The minimum Gasteiger partial charge on any atom is -0.360 e. The number of likely N-dealkylation sites (tertiary alicyclic amines) is 1. The summed E-state index contributed by atoms with van der Waals surface area (Å²) in [5, 5.41) is 3.90. The highest BCUT2D eigenvalue weighted by atomic mass is 32.2. The molecule has 132 valence electrons. The summed E-state index contributed by atoms with van der Waals surface area (Å²) >= 11 is 1.60. The van der Waals surface area contributed by atoms with Gasteiger partial charge in [-0.15, -0.1) is 11.8 Å². The van der Waals surface area contributed by atoms with E-state index < -0.39 is 0 Å². The van der Waals surface area contributed by atoms with E-state index in [1.807, 2.05) is 54.8 Å². The molecule has 2 N–H and O–H groups in total. The van der Waals surface area contributed by atoms with E-state index in [4.69, 9.17) is 0 Å². The first-order valence-electron chi connectivity index (χ1n) is 8.46. The van der Waals surface area contributed by atoms with Gasteiger partial charge in [0.1, 0.15) is 0 Å². The number of carbonyl (C=O) groups excluding carboxylic acids is 2. The number of aromatic nitrogens is 1. The van der Waals surface area contributed by atoms with E-state index in [1.54, 1.807) is 22.9 Å². The third kappa shape index (κ3) is 2.97. The van der Waals surface area contributed by atoms with E-state index in [2.05, 4.69) is 10.3 Å². The Morgan fingerprint density at radius 2 is 1.85 bits per heavy atom. The molecule has 1 fully saturated rings. The quantitative estimate of drug-likeness (QED) is 0.694. The Morgan fingerprint density at radius 1 is 1.12 bits per heavy atom. The molecule has 0 unspecified atom stereocenters. The number of rotatable bonds is 4. The summed E-state index contributed by atoms with van der Waals surface area (Å²) in [5.41, 5.74) is 2.43. The summed E-state index contributed by atoms with van der Waals surface area (Å²) in [6.45, 7) is 0.900. The third-order valence-corrected chi connectivity index (χ3v) is 5.52. The fraction of sp³-hybridized carbons (Fsp3) is 0.200. The van der Waals surface area contributed by atoms with Gasteiger partial charge in [0.05, 0.1) is 17.2 Å². The van der Waals surface area contributed by atoms with Gasteiger partial charge < -0.3 is 15.2 Å². The molecule has 1 aromatic heterocycles. The molecule has 0 atom stereocenters. The van der Waals surface area contributed by atoms with Crippen LogP contribution in [0.25, 0.3) is 10.9 Å². The van der Waals surface area contributed by atoms with E-state index in [1.165, 1.54) is 0 Å². The van der Waals surface area contributed by atoms with Gasteiger partial charge in [0.2, 0.25) is 5.91 Å². The van der Waals surface area contributed by atoms with Gasteiger partial charge >= 0.3 is 0 Å². The number of fused-ring (bicyclic) bond motifs is 1. The van der Waals surface area contributed by atoms with Gasteiger partial charge in [-0.2, -0.15) is 0 Å². The van der Waals surface area contributed by atoms with Crippen LogP contribution < -0.4 is 5.32 Å². The average Bonchev–Trinajstić information content (AvgIpc) is 3.05. The van der Waals surface area contributed by atoms with Crippen LogP contribution in [0, 0.1) is 5.92 Å². The molecule has 1 saturated heterocycles. The lowest BCUT2D eigenvalue weighted by atomic mass is 9.97. The van der Waals surface area contributed by atoms with E-state index in [0.717, 1.165) is 21.5 Å². The predicted octanol–water partition coefficient (Wildman–Crippen LogP) is 3.60. The summed E-state index contributed by atoms with van der Waals surface area (Å²) in [6.07, 6.45) is 3.73. The molecule has 2 heterocycles. The number of para-hydroxylation sites is 2. The largest absolute Gasteiger partial charge is 0.360 e. The van der Waals surface area contributed by atoms with Gasteiger partial charge in [-0.25, -0.2) is 0 Å². The zero-order valence-electron chi connectivity index (χ0n) is 14.4. The molecule has 1 aliphatic rings. The Balaban J connectivity index is 1.40. The molecule has 1 aliphatic heterocycles. The average molecular weight is 365 g/mol. The fourth-order valence-corrected chi connectivity index (χ4v) is 3.77. The molecule has 0 spiro atoms. The molecule has 0 bridgehead atoms. The number of H-pyrrole nitrogens is 1. The van der Waals surface area contributed by atoms with Crippen molar-refractivity contribution in [3.8, 4) is 0 Å². The summed E-state index contributed by atoms with van der Waals surface area (Å²) in [7, 11) is 0. The monoisotopic (exact) mass is 365 g/mol. The summed E-state index contributed by atoms with van der Waals surface area (Å²) < 4.78 is 0. The molecule has 5 nitrogen and oxygen atoms in total. The zero-order valence-corrected chi connectivity index (χ0v) is 15.2. The Bertz CT molecular complexity index is 976. The molecule has 0 aliphatic carbocycles. The fourth-order valence-electron chi connectivity index (χ4n) is 3.21. The van der Waals surface area contributed by atoms with Crippen molar-refractivity contribution in [2.75, 3.05) is 24.7 Å². The summed E-state index contributed by atoms with van der Waals surface area (Å²) in [5.74, 6) is -0.232. The van der Waals surface area contributed by atoms with Crippen molar-refractivity contribution in [3.63, 3.8) is 0 Å². The Kier molecular flexibility index (Phi) is 4.42. The van der Waals surface area contributed by atoms with Crippen LogP contribution in [0.5, 0.6) is 0 Å².